The molecule has 1 fully saturated rings. The molecule has 1 aromatic carbocycles. The smallest absolute Gasteiger partial charge is 0.123 e. The highest BCUT2D eigenvalue weighted by atomic mass is 19.1. The molecule has 0 aliphatic carbocycles. The molecule has 1 saturated heterocycles. The van der Waals surface area contributed by atoms with Gasteiger partial charge in [-0.15, -0.1) is 0 Å². The number of halogens is 1. The molecule has 0 amide bonds. The average molecular weight is 180 g/mol. The first-order chi connectivity index (χ1) is 6.27. The third kappa shape index (κ3) is 1.71. The van der Waals surface area contributed by atoms with E-state index in [4.69, 9.17) is 5.84 Å². The fourth-order valence-electron chi connectivity index (χ4n) is 1.86. The van der Waals surface area contributed by atoms with Crippen molar-refractivity contribution >= 4 is 0 Å². The molecule has 0 saturated carbocycles. The van der Waals surface area contributed by atoms with E-state index in [0.717, 1.165) is 24.9 Å². The summed E-state index contributed by atoms with van der Waals surface area (Å²) in [6.07, 6.45) is 2.12. The third-order valence-corrected chi connectivity index (χ3v) is 2.53. The van der Waals surface area contributed by atoms with Crippen molar-refractivity contribution in [2.45, 2.75) is 18.9 Å². The predicted molar refractivity (Wildman–Crippen MR) is 49.3 cm³/mol. The van der Waals surface area contributed by atoms with E-state index in [2.05, 4.69) is 0 Å². The standard InChI is InChI=1S/C10H13FN2/c11-9-4-1-3-8(7-9)10-5-2-6-13(10)12/h1,3-4,7,10H,2,5-6,12H2/t10-/m0/s1. The average Bonchev–Trinajstić information content (AvgIpc) is 2.51. The first-order valence-electron chi connectivity index (χ1n) is 4.54. The molecule has 1 atom stereocenters. The van der Waals surface area contributed by atoms with E-state index in [-0.39, 0.29) is 11.9 Å². The molecule has 70 valence electrons. The third-order valence-electron chi connectivity index (χ3n) is 2.53. The Labute approximate surface area is 77.1 Å². The second kappa shape index (κ2) is 3.44. The van der Waals surface area contributed by atoms with Gasteiger partial charge in [-0.05, 0) is 30.5 Å². The van der Waals surface area contributed by atoms with Crippen molar-refractivity contribution in [2.24, 2.45) is 5.84 Å². The quantitative estimate of drug-likeness (QED) is 0.668. The van der Waals surface area contributed by atoms with Crippen molar-refractivity contribution < 1.29 is 4.39 Å². The largest absolute Gasteiger partial charge is 0.268 e. The Morgan fingerprint density at radius 1 is 1.46 bits per heavy atom. The molecule has 1 aliphatic heterocycles. The second-order valence-corrected chi connectivity index (χ2v) is 3.45. The van der Waals surface area contributed by atoms with Gasteiger partial charge in [0, 0.05) is 12.6 Å². The molecule has 1 aromatic rings. The summed E-state index contributed by atoms with van der Waals surface area (Å²) in [4.78, 5) is 0. The monoisotopic (exact) mass is 180 g/mol. The van der Waals surface area contributed by atoms with E-state index in [1.165, 1.54) is 6.07 Å². The number of hydrazine groups is 1. The molecule has 13 heavy (non-hydrogen) atoms. The van der Waals surface area contributed by atoms with Crippen LogP contribution in [0.3, 0.4) is 0 Å². The Bertz CT molecular complexity index is 301. The maximum absolute atomic E-state index is 12.9. The summed E-state index contributed by atoms with van der Waals surface area (Å²) in [5.74, 6) is 5.59. The first-order valence-corrected chi connectivity index (χ1v) is 4.54. The Balaban J connectivity index is 2.24. The molecule has 0 aromatic heterocycles. The highest BCUT2D eigenvalue weighted by Gasteiger charge is 2.23. The topological polar surface area (TPSA) is 29.3 Å². The van der Waals surface area contributed by atoms with E-state index >= 15 is 0 Å². The molecule has 0 bridgehead atoms. The Hall–Kier alpha value is -0.930. The van der Waals surface area contributed by atoms with Crippen LogP contribution < -0.4 is 5.84 Å². The normalized spacial score (nSPS) is 23.7. The van der Waals surface area contributed by atoms with Crippen molar-refractivity contribution in [3.05, 3.63) is 35.6 Å². The van der Waals surface area contributed by atoms with E-state index < -0.39 is 0 Å². The summed E-state index contributed by atoms with van der Waals surface area (Å²) >= 11 is 0. The number of nitrogens with two attached hydrogens (primary N) is 1. The van der Waals surface area contributed by atoms with Gasteiger partial charge in [-0.1, -0.05) is 12.1 Å². The van der Waals surface area contributed by atoms with Crippen LogP contribution in [0.1, 0.15) is 24.4 Å². The van der Waals surface area contributed by atoms with Crippen molar-refractivity contribution in [1.29, 1.82) is 0 Å². The minimum atomic E-state index is -0.183. The Kier molecular flexibility index (Phi) is 2.29. The minimum Gasteiger partial charge on any atom is -0.268 e. The van der Waals surface area contributed by atoms with Gasteiger partial charge >= 0.3 is 0 Å². The SMILES string of the molecule is NN1CCC[C@H]1c1cccc(F)c1. The summed E-state index contributed by atoms with van der Waals surface area (Å²) in [5.41, 5.74) is 0.986. The summed E-state index contributed by atoms with van der Waals surface area (Å²) < 4.78 is 12.9. The highest BCUT2D eigenvalue weighted by molar-refractivity contribution is 5.20. The fourth-order valence-corrected chi connectivity index (χ4v) is 1.86. The summed E-state index contributed by atoms with van der Waals surface area (Å²) in [6, 6.07) is 6.89. The maximum atomic E-state index is 12.9. The maximum Gasteiger partial charge on any atom is 0.123 e. The van der Waals surface area contributed by atoms with Gasteiger partial charge in [0.25, 0.3) is 0 Å². The van der Waals surface area contributed by atoms with Gasteiger partial charge in [-0.2, -0.15) is 0 Å². The van der Waals surface area contributed by atoms with Crippen LogP contribution in [0.5, 0.6) is 0 Å². The lowest BCUT2D eigenvalue weighted by molar-refractivity contribution is 0.265. The van der Waals surface area contributed by atoms with Gasteiger partial charge in [-0.25, -0.2) is 9.40 Å². The molecular formula is C10H13FN2. The zero-order valence-electron chi connectivity index (χ0n) is 7.41. The number of nitrogens with zero attached hydrogens (tertiary/aromatic N) is 1. The van der Waals surface area contributed by atoms with Crippen LogP contribution in [0, 0.1) is 5.82 Å². The van der Waals surface area contributed by atoms with Crippen LogP contribution in [0.4, 0.5) is 4.39 Å². The van der Waals surface area contributed by atoms with E-state index in [0.29, 0.717) is 0 Å². The lowest BCUT2D eigenvalue weighted by Gasteiger charge is -2.18. The fraction of sp³-hybridized carbons (Fsp3) is 0.400. The van der Waals surface area contributed by atoms with Crippen LogP contribution in [0.15, 0.2) is 24.3 Å². The molecule has 2 rings (SSSR count). The van der Waals surface area contributed by atoms with Crippen LogP contribution in [-0.2, 0) is 0 Å². The summed E-state index contributed by atoms with van der Waals surface area (Å²) in [5, 5.41) is 1.79. The van der Waals surface area contributed by atoms with Crippen LogP contribution >= 0.6 is 0 Å². The van der Waals surface area contributed by atoms with Crippen molar-refractivity contribution in [3.8, 4) is 0 Å². The molecule has 0 spiro atoms. The first kappa shape index (κ1) is 8.66. The van der Waals surface area contributed by atoms with Crippen LogP contribution in [-0.4, -0.2) is 11.6 Å². The van der Waals surface area contributed by atoms with Crippen LogP contribution in [0.25, 0.3) is 0 Å². The Morgan fingerprint density at radius 3 is 2.92 bits per heavy atom. The lowest BCUT2D eigenvalue weighted by atomic mass is 10.1. The molecule has 2 N–H and O–H groups in total. The van der Waals surface area contributed by atoms with E-state index in [1.807, 2.05) is 6.07 Å². The van der Waals surface area contributed by atoms with Gasteiger partial charge in [0.1, 0.15) is 5.82 Å². The van der Waals surface area contributed by atoms with Crippen molar-refractivity contribution in [1.82, 2.24) is 5.01 Å². The van der Waals surface area contributed by atoms with Crippen molar-refractivity contribution in [3.63, 3.8) is 0 Å². The summed E-state index contributed by atoms with van der Waals surface area (Å²) in [6.45, 7) is 0.904. The number of rotatable bonds is 1. The predicted octanol–water partition coefficient (Wildman–Crippen LogP) is 1.84. The minimum absolute atomic E-state index is 0.183. The van der Waals surface area contributed by atoms with Gasteiger partial charge in [0.05, 0.1) is 0 Å². The molecule has 0 radical (unpaired) electrons. The van der Waals surface area contributed by atoms with Crippen molar-refractivity contribution in [2.75, 3.05) is 6.54 Å². The van der Waals surface area contributed by atoms with E-state index in [9.17, 15) is 4.39 Å². The number of hydrogen-bond acceptors (Lipinski definition) is 2. The number of hydrogen-bond donors (Lipinski definition) is 1. The second-order valence-electron chi connectivity index (χ2n) is 3.45. The molecule has 1 aliphatic rings. The Morgan fingerprint density at radius 2 is 2.31 bits per heavy atom. The van der Waals surface area contributed by atoms with Gasteiger partial charge in [-0.3, -0.25) is 5.84 Å². The lowest BCUT2D eigenvalue weighted by Crippen LogP contribution is -2.30. The molecule has 1 heterocycles. The van der Waals surface area contributed by atoms with Crippen LogP contribution in [0.2, 0.25) is 0 Å². The summed E-state index contributed by atoms with van der Waals surface area (Å²) in [7, 11) is 0. The zero-order valence-corrected chi connectivity index (χ0v) is 7.41. The number of benzene rings is 1. The molecule has 2 nitrogen and oxygen atoms in total. The van der Waals surface area contributed by atoms with Gasteiger partial charge < -0.3 is 0 Å². The molecule has 0 unspecified atom stereocenters. The van der Waals surface area contributed by atoms with Gasteiger partial charge in [0.2, 0.25) is 0 Å². The zero-order chi connectivity index (χ0) is 9.26. The molecule has 3 heteroatoms. The molecular weight excluding hydrogens is 167 g/mol. The van der Waals surface area contributed by atoms with Gasteiger partial charge in [0.15, 0.2) is 0 Å². The highest BCUT2D eigenvalue weighted by Crippen LogP contribution is 2.28. The van der Waals surface area contributed by atoms with E-state index in [1.54, 1.807) is 17.1 Å².